The minimum absolute atomic E-state index is 0.251. The van der Waals surface area contributed by atoms with Crippen molar-refractivity contribution in [1.82, 2.24) is 4.90 Å². The predicted octanol–water partition coefficient (Wildman–Crippen LogP) is 2.63. The Balaban J connectivity index is 1.62. The van der Waals surface area contributed by atoms with Crippen molar-refractivity contribution in [3.8, 4) is 11.5 Å². The van der Waals surface area contributed by atoms with Crippen molar-refractivity contribution in [3.05, 3.63) is 23.8 Å². The van der Waals surface area contributed by atoms with Crippen molar-refractivity contribution in [3.63, 3.8) is 0 Å². The maximum absolute atomic E-state index is 11.7. The van der Waals surface area contributed by atoms with E-state index in [1.807, 2.05) is 18.2 Å². The molecule has 3 aliphatic rings. The van der Waals surface area contributed by atoms with Crippen molar-refractivity contribution in [2.45, 2.75) is 50.7 Å². The first-order chi connectivity index (χ1) is 10.7. The Bertz CT molecular complexity index is 588. The molecular weight excluding hydrogens is 282 g/mol. The monoisotopic (exact) mass is 303 g/mol. The highest BCUT2D eigenvalue weighted by molar-refractivity contribution is 5.74. The van der Waals surface area contributed by atoms with E-state index in [1.165, 1.54) is 12.8 Å². The fourth-order valence-electron chi connectivity index (χ4n) is 4.33. The summed E-state index contributed by atoms with van der Waals surface area (Å²) in [5.74, 6) is 1.39. The summed E-state index contributed by atoms with van der Waals surface area (Å²) in [4.78, 5) is 13.9. The number of carboxylic acids is 1. The quantitative estimate of drug-likeness (QED) is 0.930. The molecule has 4 rings (SSSR count). The molecule has 1 saturated carbocycles. The summed E-state index contributed by atoms with van der Waals surface area (Å²) in [6.45, 7) is 0.880. The molecule has 3 unspecified atom stereocenters. The summed E-state index contributed by atoms with van der Waals surface area (Å²) < 4.78 is 11.0. The zero-order chi connectivity index (χ0) is 15.1. The van der Waals surface area contributed by atoms with Crippen LogP contribution in [0, 0.1) is 5.92 Å². The van der Waals surface area contributed by atoms with Crippen LogP contribution in [-0.4, -0.2) is 34.9 Å². The number of para-hydroxylation sites is 1. The molecule has 1 saturated heterocycles. The topological polar surface area (TPSA) is 59.0 Å². The molecule has 0 radical (unpaired) electrons. The molecule has 22 heavy (non-hydrogen) atoms. The van der Waals surface area contributed by atoms with Gasteiger partial charge in [-0.15, -0.1) is 0 Å². The van der Waals surface area contributed by atoms with Crippen LogP contribution < -0.4 is 9.47 Å². The van der Waals surface area contributed by atoms with Crippen LogP contribution >= 0.6 is 0 Å². The maximum atomic E-state index is 11.7. The lowest BCUT2D eigenvalue weighted by Crippen LogP contribution is -2.41. The molecule has 2 fully saturated rings. The van der Waals surface area contributed by atoms with Gasteiger partial charge >= 0.3 is 5.97 Å². The number of benzene rings is 1. The number of fused-ring (bicyclic) bond motifs is 2. The normalized spacial score (nSPS) is 30.3. The Morgan fingerprint density at radius 2 is 2.14 bits per heavy atom. The fourth-order valence-corrected chi connectivity index (χ4v) is 4.33. The van der Waals surface area contributed by atoms with Gasteiger partial charge in [0.1, 0.15) is 6.04 Å². The summed E-state index contributed by atoms with van der Waals surface area (Å²) in [5.41, 5.74) is 1.03. The summed E-state index contributed by atoms with van der Waals surface area (Å²) in [5, 5.41) is 9.60. The van der Waals surface area contributed by atoms with Gasteiger partial charge < -0.3 is 14.6 Å². The lowest BCUT2D eigenvalue weighted by atomic mass is 9.84. The molecule has 1 aromatic carbocycles. The maximum Gasteiger partial charge on any atom is 0.320 e. The van der Waals surface area contributed by atoms with Crippen molar-refractivity contribution >= 4 is 5.97 Å². The number of carboxylic acid groups (broad SMARTS) is 1. The number of likely N-dealkylation sites (tertiary alicyclic amines) is 1. The van der Waals surface area contributed by atoms with Gasteiger partial charge in [0.25, 0.3) is 0 Å². The first-order valence-electron chi connectivity index (χ1n) is 8.10. The van der Waals surface area contributed by atoms with Gasteiger partial charge in [-0.1, -0.05) is 25.0 Å². The lowest BCUT2D eigenvalue weighted by molar-refractivity contribution is -0.142. The Morgan fingerprint density at radius 3 is 3.00 bits per heavy atom. The number of hydrogen-bond donors (Lipinski definition) is 1. The van der Waals surface area contributed by atoms with E-state index >= 15 is 0 Å². The van der Waals surface area contributed by atoms with Crippen molar-refractivity contribution in [1.29, 1.82) is 0 Å². The first kappa shape index (κ1) is 13.9. The summed E-state index contributed by atoms with van der Waals surface area (Å²) in [6, 6.07) is 5.89. The molecule has 1 aliphatic carbocycles. The third kappa shape index (κ3) is 2.24. The molecule has 1 aromatic rings. The molecule has 2 heterocycles. The Kier molecular flexibility index (Phi) is 3.45. The minimum atomic E-state index is -0.695. The van der Waals surface area contributed by atoms with E-state index in [-0.39, 0.29) is 12.8 Å². The van der Waals surface area contributed by atoms with Gasteiger partial charge in [-0.3, -0.25) is 9.69 Å². The molecule has 5 nitrogen and oxygen atoms in total. The molecule has 2 aliphatic heterocycles. The van der Waals surface area contributed by atoms with Gasteiger partial charge in [0, 0.05) is 18.2 Å². The standard InChI is InChI=1S/C17H21NO4/c19-17(20)14-8-11-4-1-2-6-13(11)18(14)9-12-5-3-7-15-16(12)22-10-21-15/h3,5,7,11,13-14H,1-2,4,6,8-10H2,(H,19,20). The van der Waals surface area contributed by atoms with Crippen LogP contribution in [0.3, 0.4) is 0 Å². The molecule has 118 valence electrons. The second-order valence-corrected chi connectivity index (χ2v) is 6.52. The summed E-state index contributed by atoms with van der Waals surface area (Å²) in [6.07, 6.45) is 5.50. The Labute approximate surface area is 129 Å². The van der Waals surface area contributed by atoms with Crippen LogP contribution in [0.25, 0.3) is 0 Å². The minimum Gasteiger partial charge on any atom is -0.480 e. The van der Waals surface area contributed by atoms with E-state index in [9.17, 15) is 9.90 Å². The number of nitrogens with zero attached hydrogens (tertiary/aromatic N) is 1. The van der Waals surface area contributed by atoms with Gasteiger partial charge in [0.15, 0.2) is 11.5 Å². The van der Waals surface area contributed by atoms with E-state index in [4.69, 9.17) is 9.47 Å². The van der Waals surface area contributed by atoms with E-state index in [0.29, 0.717) is 18.5 Å². The van der Waals surface area contributed by atoms with Crippen LogP contribution in [-0.2, 0) is 11.3 Å². The zero-order valence-corrected chi connectivity index (χ0v) is 12.5. The summed E-state index contributed by atoms with van der Waals surface area (Å²) in [7, 11) is 0. The number of ether oxygens (including phenoxy) is 2. The molecular formula is C17H21NO4. The second-order valence-electron chi connectivity index (χ2n) is 6.52. The van der Waals surface area contributed by atoms with Crippen molar-refractivity contribution in [2.75, 3.05) is 6.79 Å². The van der Waals surface area contributed by atoms with E-state index in [0.717, 1.165) is 36.3 Å². The van der Waals surface area contributed by atoms with Crippen LogP contribution in [0.4, 0.5) is 0 Å². The number of carbonyl (C=O) groups is 1. The smallest absolute Gasteiger partial charge is 0.320 e. The highest BCUT2D eigenvalue weighted by Crippen LogP contribution is 2.43. The van der Waals surface area contributed by atoms with Gasteiger partial charge in [0.05, 0.1) is 0 Å². The SMILES string of the molecule is O=C(O)C1CC2CCCCC2N1Cc1cccc2c1OCO2. The van der Waals surface area contributed by atoms with E-state index in [2.05, 4.69) is 4.90 Å². The lowest BCUT2D eigenvalue weighted by Gasteiger charge is -2.33. The molecule has 1 N–H and O–H groups in total. The van der Waals surface area contributed by atoms with Crippen LogP contribution in [0.2, 0.25) is 0 Å². The molecule has 3 atom stereocenters. The summed E-state index contributed by atoms with van der Waals surface area (Å²) >= 11 is 0. The van der Waals surface area contributed by atoms with Gasteiger partial charge in [-0.2, -0.15) is 0 Å². The third-order valence-electron chi connectivity index (χ3n) is 5.34. The average Bonchev–Trinajstić information content (AvgIpc) is 3.13. The first-order valence-corrected chi connectivity index (χ1v) is 8.10. The number of aliphatic carboxylic acids is 1. The van der Waals surface area contributed by atoms with Gasteiger partial charge in [0.2, 0.25) is 6.79 Å². The van der Waals surface area contributed by atoms with Crippen LogP contribution in [0.5, 0.6) is 11.5 Å². The molecule has 0 amide bonds. The Hall–Kier alpha value is -1.75. The molecule has 0 aromatic heterocycles. The molecule has 0 bridgehead atoms. The number of hydrogen-bond acceptors (Lipinski definition) is 4. The van der Waals surface area contributed by atoms with Crippen molar-refractivity contribution in [2.24, 2.45) is 5.92 Å². The Morgan fingerprint density at radius 1 is 1.27 bits per heavy atom. The fraction of sp³-hybridized carbons (Fsp3) is 0.588. The second kappa shape index (κ2) is 5.47. The van der Waals surface area contributed by atoms with Crippen molar-refractivity contribution < 1.29 is 19.4 Å². The largest absolute Gasteiger partial charge is 0.480 e. The third-order valence-corrected chi connectivity index (χ3v) is 5.34. The van der Waals surface area contributed by atoms with Gasteiger partial charge in [-0.05, 0) is 31.2 Å². The highest BCUT2D eigenvalue weighted by atomic mass is 16.7. The van der Waals surface area contributed by atoms with E-state index < -0.39 is 5.97 Å². The highest BCUT2D eigenvalue weighted by Gasteiger charge is 2.45. The number of rotatable bonds is 3. The van der Waals surface area contributed by atoms with Crippen LogP contribution in [0.15, 0.2) is 18.2 Å². The predicted molar refractivity (Wildman–Crippen MR) is 79.9 cm³/mol. The van der Waals surface area contributed by atoms with Gasteiger partial charge in [-0.25, -0.2) is 0 Å². The molecule has 5 heteroatoms. The van der Waals surface area contributed by atoms with Crippen LogP contribution in [0.1, 0.15) is 37.7 Å². The zero-order valence-electron chi connectivity index (χ0n) is 12.5. The average molecular weight is 303 g/mol. The molecule has 0 spiro atoms. The van der Waals surface area contributed by atoms with E-state index in [1.54, 1.807) is 0 Å².